The molecule has 3 aromatic rings. The first-order chi connectivity index (χ1) is 19.5. The molecule has 0 spiro atoms. The summed E-state index contributed by atoms with van der Waals surface area (Å²) in [7, 11) is 1.71. The Balaban J connectivity index is 1.56. The first kappa shape index (κ1) is 29.6. The second-order valence-electron chi connectivity index (χ2n) is 11.0. The van der Waals surface area contributed by atoms with Crippen LogP contribution in [0.2, 0.25) is 0 Å². The van der Waals surface area contributed by atoms with Crippen LogP contribution in [-0.4, -0.2) is 82.9 Å². The Labute approximate surface area is 239 Å². The van der Waals surface area contributed by atoms with E-state index in [-0.39, 0.29) is 17.1 Å². The quantitative estimate of drug-likeness (QED) is 0.242. The number of allylic oxidation sites excluding steroid dienone is 1. The van der Waals surface area contributed by atoms with Crippen LogP contribution in [0.4, 0.5) is 23.3 Å². The number of hydrogen-bond donors (Lipinski definition) is 5. The van der Waals surface area contributed by atoms with Crippen LogP contribution in [0.15, 0.2) is 36.4 Å². The van der Waals surface area contributed by atoms with Crippen LogP contribution in [0.3, 0.4) is 0 Å². The summed E-state index contributed by atoms with van der Waals surface area (Å²) in [6.07, 6.45) is 2.86. The summed E-state index contributed by atoms with van der Waals surface area (Å²) in [4.78, 5) is 35.5. The lowest BCUT2D eigenvalue weighted by atomic mass is 9.90. The number of methoxy groups -OCH3 is 1. The molecule has 0 bridgehead atoms. The predicted molar refractivity (Wildman–Crippen MR) is 161 cm³/mol. The molecule has 1 amide bonds. The van der Waals surface area contributed by atoms with E-state index >= 15 is 0 Å². The van der Waals surface area contributed by atoms with Crippen LogP contribution >= 0.6 is 0 Å². The molecule has 0 radical (unpaired) electrons. The lowest BCUT2D eigenvalue weighted by molar-refractivity contribution is 0.0965. The minimum absolute atomic E-state index is 0.103. The smallest absolute Gasteiger partial charge is 0.256 e. The highest BCUT2D eigenvalue weighted by Gasteiger charge is 2.22. The van der Waals surface area contributed by atoms with E-state index in [0.29, 0.717) is 46.4 Å². The number of anilines is 4. The normalized spacial score (nSPS) is 14.8. The highest BCUT2D eigenvalue weighted by molar-refractivity contribution is 6.00. The molecule has 1 aliphatic heterocycles. The number of carbonyl (C=O) groups is 1. The fourth-order valence-corrected chi connectivity index (χ4v) is 4.22. The van der Waals surface area contributed by atoms with Gasteiger partial charge in [0, 0.05) is 62.2 Å². The Morgan fingerprint density at radius 1 is 1.15 bits per heavy atom. The fourth-order valence-electron chi connectivity index (χ4n) is 4.22. The summed E-state index contributed by atoms with van der Waals surface area (Å²) in [5, 5.41) is 14.1. The van der Waals surface area contributed by atoms with Crippen LogP contribution < -0.4 is 27.0 Å². The van der Waals surface area contributed by atoms with E-state index in [1.807, 2.05) is 33.8 Å². The number of nitrogens with zero attached hydrogens (tertiary/aromatic N) is 6. The van der Waals surface area contributed by atoms with Gasteiger partial charge in [0.05, 0.1) is 6.61 Å². The van der Waals surface area contributed by atoms with Gasteiger partial charge in [0.25, 0.3) is 5.91 Å². The summed E-state index contributed by atoms with van der Waals surface area (Å²) < 4.78 is 5.20. The molecule has 1 saturated heterocycles. The van der Waals surface area contributed by atoms with Gasteiger partial charge in [-0.25, -0.2) is 15.0 Å². The van der Waals surface area contributed by atoms with Gasteiger partial charge in [0.2, 0.25) is 5.95 Å². The molecule has 0 saturated carbocycles. The molecular formula is C28H39N11O2. The van der Waals surface area contributed by atoms with Crippen molar-refractivity contribution in [1.82, 2.24) is 30.2 Å². The van der Waals surface area contributed by atoms with Crippen LogP contribution in [-0.2, 0) is 4.74 Å². The van der Waals surface area contributed by atoms with Crippen molar-refractivity contribution >= 4 is 45.9 Å². The predicted octanol–water partition coefficient (Wildman–Crippen LogP) is 2.42. The van der Waals surface area contributed by atoms with Gasteiger partial charge in [-0.1, -0.05) is 26.8 Å². The van der Waals surface area contributed by atoms with Crippen molar-refractivity contribution in [2.75, 3.05) is 62.4 Å². The number of rotatable bonds is 9. The Morgan fingerprint density at radius 3 is 2.56 bits per heavy atom. The second-order valence-corrected chi connectivity index (χ2v) is 11.0. The molecular weight excluding hydrogens is 522 g/mol. The molecule has 0 unspecified atom stereocenters. The van der Waals surface area contributed by atoms with E-state index in [1.165, 1.54) is 12.4 Å². The maximum atomic E-state index is 13.0. The number of nitrogen functional groups attached to an aromatic ring is 1. The highest BCUT2D eigenvalue weighted by Crippen LogP contribution is 2.28. The van der Waals surface area contributed by atoms with Gasteiger partial charge in [0.1, 0.15) is 23.2 Å². The minimum atomic E-state index is -0.394. The molecule has 41 heavy (non-hydrogen) atoms. The third kappa shape index (κ3) is 7.24. The van der Waals surface area contributed by atoms with E-state index in [0.717, 1.165) is 38.3 Å². The number of aryl methyl sites for hydroxylation is 1. The number of nitrogens with two attached hydrogens (primary N) is 2. The molecule has 7 N–H and O–H groups in total. The van der Waals surface area contributed by atoms with Crippen LogP contribution in [0.25, 0.3) is 11.0 Å². The van der Waals surface area contributed by atoms with Crippen LogP contribution in [0.1, 0.15) is 36.7 Å². The van der Waals surface area contributed by atoms with E-state index < -0.39 is 5.91 Å². The van der Waals surface area contributed by atoms with E-state index in [2.05, 4.69) is 35.4 Å². The largest absolute Gasteiger partial charge is 0.385 e. The monoisotopic (exact) mass is 561 g/mol. The molecule has 1 aliphatic rings. The number of hydrogen-bond acceptors (Lipinski definition) is 12. The average Bonchev–Trinajstić information content (AvgIpc) is 2.93. The zero-order valence-electron chi connectivity index (χ0n) is 24.3. The Morgan fingerprint density at radius 2 is 1.88 bits per heavy atom. The number of amides is 1. The molecule has 1 aromatic carbocycles. The molecule has 1 fully saturated rings. The van der Waals surface area contributed by atoms with Gasteiger partial charge in [-0.2, -0.15) is 4.98 Å². The van der Waals surface area contributed by atoms with E-state index in [4.69, 9.17) is 26.6 Å². The number of nitrogens with one attached hydrogen (secondary N) is 3. The van der Waals surface area contributed by atoms with Crippen molar-refractivity contribution in [2.24, 2.45) is 11.1 Å². The molecule has 0 atom stereocenters. The zero-order valence-corrected chi connectivity index (χ0v) is 24.3. The molecule has 13 heteroatoms. The average molecular weight is 562 g/mol. The molecule has 2 aromatic heterocycles. The Kier molecular flexibility index (Phi) is 8.98. The summed E-state index contributed by atoms with van der Waals surface area (Å²) in [5.74, 6) is 0.945. The number of fused-ring (bicyclic) bond motifs is 1. The van der Waals surface area contributed by atoms with E-state index in [1.54, 1.807) is 19.2 Å². The molecule has 13 nitrogen and oxygen atoms in total. The van der Waals surface area contributed by atoms with Crippen LogP contribution in [0.5, 0.6) is 0 Å². The zero-order chi connectivity index (χ0) is 29.7. The lowest BCUT2D eigenvalue weighted by Crippen LogP contribution is -2.47. The third-order valence-electron chi connectivity index (χ3n) is 6.88. The summed E-state index contributed by atoms with van der Waals surface area (Å²) in [6, 6.07) is 5.25. The van der Waals surface area contributed by atoms with Crippen molar-refractivity contribution in [1.29, 1.82) is 5.41 Å². The topological polar surface area (TPSA) is 184 Å². The van der Waals surface area contributed by atoms with E-state index in [9.17, 15) is 4.79 Å². The number of benzene rings is 1. The first-order valence-electron chi connectivity index (χ1n) is 13.5. The summed E-state index contributed by atoms with van der Waals surface area (Å²) >= 11 is 0. The van der Waals surface area contributed by atoms with Crippen molar-refractivity contribution in [3.63, 3.8) is 0 Å². The SMILES string of the molecule is COCCN1CCN(c2nc(N)c3ncnc(Nc4cc(C(=O)N/C(N)=C/C(=N)C(C)(C)C)ccc4C)c3n2)CC1. The van der Waals surface area contributed by atoms with Gasteiger partial charge < -0.3 is 37.1 Å². The third-order valence-corrected chi connectivity index (χ3v) is 6.88. The highest BCUT2D eigenvalue weighted by atomic mass is 16.5. The number of aromatic nitrogens is 4. The number of carbonyl (C=O) groups excluding carboxylic acids is 1. The maximum absolute atomic E-state index is 13.0. The molecule has 0 aliphatic carbocycles. The minimum Gasteiger partial charge on any atom is -0.385 e. The summed E-state index contributed by atoms with van der Waals surface area (Å²) in [5.41, 5.74) is 15.1. The molecule has 3 heterocycles. The van der Waals surface area contributed by atoms with Gasteiger partial charge in [-0.05, 0) is 30.7 Å². The number of piperazine rings is 1. The lowest BCUT2D eigenvalue weighted by Gasteiger charge is -2.34. The van der Waals surface area contributed by atoms with Crippen molar-refractivity contribution in [3.05, 3.63) is 47.6 Å². The Hall–Kier alpha value is -4.36. The standard InChI is InChI=1S/C28H39N11O2/c1-17-6-7-18(26(40)35-21(30)15-20(29)28(2,3)4)14-19(17)34-25-23-22(32-16-33-25)24(31)37-27(36-23)39-10-8-38(9-11-39)12-13-41-5/h6-7,14-16,29H,8-13,30H2,1-5H3,(H,35,40)(H2,31,36,37)(H,32,33,34)/b21-15+,29-20?. The van der Waals surface area contributed by atoms with Crippen molar-refractivity contribution in [3.8, 4) is 0 Å². The molecule has 218 valence electrons. The molecule has 4 rings (SSSR count). The van der Waals surface area contributed by atoms with Crippen molar-refractivity contribution < 1.29 is 9.53 Å². The second kappa shape index (κ2) is 12.4. The number of ether oxygens (including phenoxy) is 1. The van der Waals surface area contributed by atoms with Gasteiger partial charge in [-0.15, -0.1) is 0 Å². The van der Waals surface area contributed by atoms with Gasteiger partial charge in [0.15, 0.2) is 11.6 Å². The fraction of sp³-hybridized carbons (Fsp3) is 0.429. The van der Waals surface area contributed by atoms with Crippen molar-refractivity contribution in [2.45, 2.75) is 27.7 Å². The van der Waals surface area contributed by atoms with Gasteiger partial charge >= 0.3 is 0 Å². The summed E-state index contributed by atoms with van der Waals surface area (Å²) in [6.45, 7) is 12.5. The maximum Gasteiger partial charge on any atom is 0.256 e. The first-order valence-corrected chi connectivity index (χ1v) is 13.5. The van der Waals surface area contributed by atoms with Crippen LogP contribution in [0, 0.1) is 17.7 Å². The van der Waals surface area contributed by atoms with Gasteiger partial charge in [-0.3, -0.25) is 9.69 Å². The Bertz CT molecular complexity index is 1460.